The summed E-state index contributed by atoms with van der Waals surface area (Å²) in [4.78, 5) is 15.4. The van der Waals surface area contributed by atoms with Gasteiger partial charge in [-0.25, -0.2) is 4.98 Å². The molecule has 5 rings (SSSR count). The summed E-state index contributed by atoms with van der Waals surface area (Å²) in [7, 11) is -1.60. The van der Waals surface area contributed by atoms with Crippen LogP contribution in [0.25, 0.3) is 22.3 Å². The number of rotatable bonds is 11. The first-order valence-corrected chi connectivity index (χ1v) is 18.3. The second kappa shape index (κ2) is 14.1. The number of aliphatic imine (C=N–C) groups is 2. The van der Waals surface area contributed by atoms with E-state index in [1.807, 2.05) is 37.3 Å². The molecule has 0 aliphatic heterocycles. The van der Waals surface area contributed by atoms with Crippen molar-refractivity contribution in [2.75, 3.05) is 6.61 Å². The van der Waals surface area contributed by atoms with Gasteiger partial charge in [0.05, 0.1) is 34.2 Å². The highest BCUT2D eigenvalue weighted by Gasteiger charge is 2.15. The quantitative estimate of drug-likeness (QED) is 0.0885. The lowest BCUT2D eigenvalue weighted by Crippen LogP contribution is -2.26. The summed E-state index contributed by atoms with van der Waals surface area (Å²) in [6.45, 7) is 9.41. The molecule has 1 heterocycles. The molecule has 0 atom stereocenters. The van der Waals surface area contributed by atoms with Gasteiger partial charge in [-0.1, -0.05) is 103 Å². The van der Waals surface area contributed by atoms with Crippen molar-refractivity contribution in [1.82, 2.24) is 4.98 Å². The van der Waals surface area contributed by atoms with Crippen molar-refractivity contribution in [2.24, 2.45) is 9.98 Å². The minimum Gasteiger partial charge on any atom is -0.418 e. The summed E-state index contributed by atoms with van der Waals surface area (Å²) in [6, 6.07) is 43.5. The summed E-state index contributed by atoms with van der Waals surface area (Å²) >= 11 is 0. The molecule has 0 aliphatic rings. The lowest BCUT2D eigenvalue weighted by atomic mass is 10.0. The van der Waals surface area contributed by atoms with Crippen molar-refractivity contribution >= 4 is 31.1 Å². The van der Waals surface area contributed by atoms with Crippen molar-refractivity contribution in [3.63, 3.8) is 0 Å². The highest BCUT2D eigenvalue weighted by Crippen LogP contribution is 2.32. The molecule has 0 saturated heterocycles. The normalized spacial score (nSPS) is 12.4. The third-order valence-electron chi connectivity index (χ3n) is 7.03. The Kier molecular flexibility index (Phi) is 9.87. The Morgan fingerprint density at radius 1 is 0.605 bits per heavy atom. The van der Waals surface area contributed by atoms with E-state index in [2.05, 4.69) is 117 Å². The summed E-state index contributed by atoms with van der Waals surface area (Å²) < 4.78 is 6.18. The van der Waals surface area contributed by atoms with Crippen LogP contribution >= 0.6 is 0 Å². The standard InChI is InChI=1S/C38H39N3OSi/c1-29(39-35-23-13-11-21-32(35)30-17-7-5-8-18-30)34-25-15-26-37(40-34)38(27-16-28-42-43(2,3)4)41-36-24-14-12-22-33(36)31-19-9-6-10-20-31/h5-15,17-26H,16,27-28H2,1-4H3. The first-order valence-electron chi connectivity index (χ1n) is 14.9. The van der Waals surface area contributed by atoms with E-state index >= 15 is 0 Å². The molecule has 4 nitrogen and oxygen atoms in total. The monoisotopic (exact) mass is 581 g/mol. The predicted octanol–water partition coefficient (Wildman–Crippen LogP) is 10.3. The summed E-state index contributed by atoms with van der Waals surface area (Å²) in [5.74, 6) is 0. The molecule has 0 unspecified atom stereocenters. The molecule has 1 aromatic heterocycles. The van der Waals surface area contributed by atoms with Crippen molar-refractivity contribution in [3.8, 4) is 22.3 Å². The molecule has 0 saturated carbocycles. The zero-order chi connectivity index (χ0) is 30.1. The average Bonchev–Trinajstić information content (AvgIpc) is 3.03. The Balaban J connectivity index is 1.51. The molecular formula is C38H39N3OSi. The largest absolute Gasteiger partial charge is 0.418 e. The molecule has 0 bridgehead atoms. The minimum absolute atomic E-state index is 0.714. The van der Waals surface area contributed by atoms with Crippen LogP contribution in [0.15, 0.2) is 137 Å². The summed E-state index contributed by atoms with van der Waals surface area (Å²) in [5.41, 5.74) is 9.84. The van der Waals surface area contributed by atoms with E-state index in [0.29, 0.717) is 6.61 Å². The fourth-order valence-electron chi connectivity index (χ4n) is 4.91. The first kappa shape index (κ1) is 30.0. The van der Waals surface area contributed by atoms with Crippen molar-refractivity contribution in [1.29, 1.82) is 0 Å². The molecule has 4 aromatic carbocycles. The average molecular weight is 582 g/mol. The van der Waals surface area contributed by atoms with Gasteiger partial charge in [0.25, 0.3) is 0 Å². The van der Waals surface area contributed by atoms with E-state index in [-0.39, 0.29) is 0 Å². The summed E-state index contributed by atoms with van der Waals surface area (Å²) in [5, 5.41) is 0. The van der Waals surface area contributed by atoms with Crippen LogP contribution in [0, 0.1) is 0 Å². The maximum Gasteiger partial charge on any atom is 0.183 e. The fraction of sp³-hybridized carbons (Fsp3) is 0.184. The van der Waals surface area contributed by atoms with Gasteiger partial charge in [-0.05, 0) is 74.8 Å². The smallest absolute Gasteiger partial charge is 0.183 e. The van der Waals surface area contributed by atoms with Crippen LogP contribution in [-0.2, 0) is 4.43 Å². The number of hydrogen-bond acceptors (Lipinski definition) is 4. The Bertz CT molecular complexity index is 1710. The third-order valence-corrected chi connectivity index (χ3v) is 8.10. The van der Waals surface area contributed by atoms with Crippen LogP contribution in [0.1, 0.15) is 31.2 Å². The fourth-order valence-corrected chi connectivity index (χ4v) is 5.66. The number of para-hydroxylation sites is 2. The molecule has 216 valence electrons. The van der Waals surface area contributed by atoms with Crippen molar-refractivity contribution in [3.05, 3.63) is 139 Å². The minimum atomic E-state index is -1.60. The van der Waals surface area contributed by atoms with Gasteiger partial charge in [-0.3, -0.25) is 9.98 Å². The number of aromatic nitrogens is 1. The van der Waals surface area contributed by atoms with Crippen LogP contribution in [0.2, 0.25) is 19.6 Å². The van der Waals surface area contributed by atoms with Gasteiger partial charge < -0.3 is 4.43 Å². The van der Waals surface area contributed by atoms with E-state index in [9.17, 15) is 0 Å². The number of benzene rings is 4. The van der Waals surface area contributed by atoms with E-state index in [1.54, 1.807) is 0 Å². The van der Waals surface area contributed by atoms with Gasteiger partial charge in [0, 0.05) is 17.7 Å². The maximum atomic E-state index is 6.18. The lowest BCUT2D eigenvalue weighted by molar-refractivity contribution is 0.307. The van der Waals surface area contributed by atoms with Gasteiger partial charge in [0.2, 0.25) is 0 Å². The van der Waals surface area contributed by atoms with Gasteiger partial charge in [0.15, 0.2) is 8.32 Å². The zero-order valence-electron chi connectivity index (χ0n) is 25.5. The van der Waals surface area contributed by atoms with Crippen molar-refractivity contribution in [2.45, 2.75) is 39.4 Å². The Morgan fingerprint density at radius 2 is 1.12 bits per heavy atom. The van der Waals surface area contributed by atoms with Crippen molar-refractivity contribution < 1.29 is 4.43 Å². The predicted molar refractivity (Wildman–Crippen MR) is 185 cm³/mol. The lowest BCUT2D eigenvalue weighted by Gasteiger charge is -2.17. The third kappa shape index (κ3) is 8.31. The molecule has 0 N–H and O–H groups in total. The maximum absolute atomic E-state index is 6.18. The molecule has 0 fully saturated rings. The van der Waals surface area contributed by atoms with Gasteiger partial charge in [-0.2, -0.15) is 0 Å². The van der Waals surface area contributed by atoms with E-state index in [1.165, 1.54) is 0 Å². The van der Waals surface area contributed by atoms with Gasteiger partial charge in [0.1, 0.15) is 0 Å². The second-order valence-electron chi connectivity index (χ2n) is 11.5. The topological polar surface area (TPSA) is 46.8 Å². The van der Waals surface area contributed by atoms with Gasteiger partial charge in [-0.15, -0.1) is 0 Å². The van der Waals surface area contributed by atoms with E-state index in [0.717, 1.165) is 69.3 Å². The van der Waals surface area contributed by atoms with Crippen LogP contribution in [0.3, 0.4) is 0 Å². The Hall–Kier alpha value is -4.45. The van der Waals surface area contributed by atoms with Crippen LogP contribution in [0.4, 0.5) is 11.4 Å². The van der Waals surface area contributed by atoms with Crippen LogP contribution in [0.5, 0.6) is 0 Å². The molecule has 0 radical (unpaired) electrons. The van der Waals surface area contributed by atoms with Crippen LogP contribution in [-0.4, -0.2) is 31.3 Å². The van der Waals surface area contributed by atoms with Crippen LogP contribution < -0.4 is 0 Å². The molecule has 0 spiro atoms. The highest BCUT2D eigenvalue weighted by atomic mass is 28.4. The SMILES string of the molecule is CC(=Nc1ccccc1-c1ccccc1)c1cccc(C(CCCO[Si](C)(C)C)=Nc2ccccc2-c2ccccc2)n1. The highest BCUT2D eigenvalue weighted by molar-refractivity contribution is 6.69. The Labute approximate surface area is 257 Å². The first-order chi connectivity index (χ1) is 20.9. The van der Waals surface area contributed by atoms with E-state index in [4.69, 9.17) is 19.4 Å². The number of hydrogen-bond donors (Lipinski definition) is 0. The zero-order valence-corrected chi connectivity index (χ0v) is 26.5. The molecule has 5 heteroatoms. The molecule has 43 heavy (non-hydrogen) atoms. The van der Waals surface area contributed by atoms with E-state index < -0.39 is 8.32 Å². The molecule has 0 amide bonds. The summed E-state index contributed by atoms with van der Waals surface area (Å²) in [6.07, 6.45) is 1.64. The number of pyridine rings is 1. The molecule has 0 aliphatic carbocycles. The second-order valence-corrected chi connectivity index (χ2v) is 16.0. The van der Waals surface area contributed by atoms with Gasteiger partial charge >= 0.3 is 0 Å². The molecule has 5 aromatic rings. The molecular weight excluding hydrogens is 543 g/mol. The number of nitrogens with zero attached hydrogens (tertiary/aromatic N) is 3. The Morgan fingerprint density at radius 3 is 1.70 bits per heavy atom.